The van der Waals surface area contributed by atoms with Gasteiger partial charge in [-0.15, -0.1) is 0 Å². The summed E-state index contributed by atoms with van der Waals surface area (Å²) in [5.41, 5.74) is 1.08. The Balaban J connectivity index is 2.69. The zero-order valence-electron chi connectivity index (χ0n) is 12.0. The normalized spacial score (nSPS) is 14.2. The standard InChI is InChI=1S/C15H23NO3/c1-10(2)14(15(17)18)16-11(3)9-12-7-5-6-8-13(12)19-4/h5-8,10-11,14,16H,9H2,1-4H3,(H,17,18). The van der Waals surface area contributed by atoms with Crippen LogP contribution in [0.3, 0.4) is 0 Å². The van der Waals surface area contributed by atoms with E-state index in [0.29, 0.717) is 0 Å². The summed E-state index contributed by atoms with van der Waals surface area (Å²) in [7, 11) is 1.64. The van der Waals surface area contributed by atoms with Gasteiger partial charge in [0, 0.05) is 6.04 Å². The number of benzene rings is 1. The van der Waals surface area contributed by atoms with Gasteiger partial charge in [0.25, 0.3) is 0 Å². The summed E-state index contributed by atoms with van der Waals surface area (Å²) in [5.74, 6) is 0.0899. The third-order valence-corrected chi connectivity index (χ3v) is 3.12. The maximum absolute atomic E-state index is 11.2. The Morgan fingerprint density at radius 1 is 1.32 bits per heavy atom. The molecule has 2 unspecified atom stereocenters. The van der Waals surface area contributed by atoms with Crippen LogP contribution in [0.5, 0.6) is 5.75 Å². The number of aliphatic carboxylic acids is 1. The summed E-state index contributed by atoms with van der Waals surface area (Å²) in [6, 6.07) is 7.35. The molecule has 0 saturated carbocycles. The van der Waals surface area contributed by atoms with Gasteiger partial charge in [-0.1, -0.05) is 32.0 Å². The van der Waals surface area contributed by atoms with E-state index in [2.05, 4.69) is 5.32 Å². The second kappa shape index (κ2) is 7.14. The molecule has 1 aromatic rings. The fourth-order valence-electron chi connectivity index (χ4n) is 2.12. The predicted octanol–water partition coefficient (Wildman–Crippen LogP) is 2.33. The van der Waals surface area contributed by atoms with Crippen molar-refractivity contribution >= 4 is 5.97 Å². The summed E-state index contributed by atoms with van der Waals surface area (Å²) in [6.07, 6.45) is 0.737. The van der Waals surface area contributed by atoms with Crippen LogP contribution in [0.1, 0.15) is 26.3 Å². The van der Waals surface area contributed by atoms with Crippen LogP contribution >= 0.6 is 0 Å². The zero-order valence-corrected chi connectivity index (χ0v) is 12.0. The van der Waals surface area contributed by atoms with Crippen molar-refractivity contribution in [3.63, 3.8) is 0 Å². The summed E-state index contributed by atoms with van der Waals surface area (Å²) in [6.45, 7) is 5.80. The van der Waals surface area contributed by atoms with E-state index in [9.17, 15) is 9.90 Å². The highest BCUT2D eigenvalue weighted by molar-refractivity contribution is 5.73. The van der Waals surface area contributed by atoms with Crippen molar-refractivity contribution in [1.29, 1.82) is 0 Å². The number of hydrogen-bond acceptors (Lipinski definition) is 3. The molecule has 4 heteroatoms. The topological polar surface area (TPSA) is 58.6 Å². The number of methoxy groups -OCH3 is 1. The van der Waals surface area contributed by atoms with Gasteiger partial charge in [-0.3, -0.25) is 4.79 Å². The number of nitrogens with one attached hydrogen (secondary N) is 1. The Morgan fingerprint density at radius 3 is 2.47 bits per heavy atom. The predicted molar refractivity (Wildman–Crippen MR) is 75.6 cm³/mol. The minimum atomic E-state index is -0.804. The smallest absolute Gasteiger partial charge is 0.320 e. The number of ether oxygens (including phenoxy) is 1. The maximum atomic E-state index is 11.2. The molecule has 0 bridgehead atoms. The van der Waals surface area contributed by atoms with Crippen molar-refractivity contribution in [3.8, 4) is 5.75 Å². The molecule has 1 rings (SSSR count). The lowest BCUT2D eigenvalue weighted by atomic mass is 10.0. The van der Waals surface area contributed by atoms with E-state index < -0.39 is 12.0 Å². The van der Waals surface area contributed by atoms with Gasteiger partial charge in [0.2, 0.25) is 0 Å². The minimum absolute atomic E-state index is 0.0534. The number of para-hydroxylation sites is 1. The van der Waals surface area contributed by atoms with Crippen molar-refractivity contribution in [1.82, 2.24) is 5.32 Å². The van der Waals surface area contributed by atoms with Crippen molar-refractivity contribution in [3.05, 3.63) is 29.8 Å². The summed E-state index contributed by atoms with van der Waals surface area (Å²) in [4.78, 5) is 11.2. The molecular formula is C15H23NO3. The van der Waals surface area contributed by atoms with Gasteiger partial charge >= 0.3 is 5.97 Å². The van der Waals surface area contributed by atoms with E-state index in [0.717, 1.165) is 17.7 Å². The zero-order chi connectivity index (χ0) is 14.4. The third-order valence-electron chi connectivity index (χ3n) is 3.12. The monoisotopic (exact) mass is 265 g/mol. The van der Waals surface area contributed by atoms with E-state index >= 15 is 0 Å². The van der Waals surface area contributed by atoms with Gasteiger partial charge < -0.3 is 15.2 Å². The maximum Gasteiger partial charge on any atom is 0.320 e. The number of carbonyl (C=O) groups is 1. The van der Waals surface area contributed by atoms with Gasteiger partial charge in [0.15, 0.2) is 0 Å². The molecule has 4 nitrogen and oxygen atoms in total. The van der Waals surface area contributed by atoms with Gasteiger partial charge in [-0.25, -0.2) is 0 Å². The molecule has 0 aliphatic carbocycles. The molecule has 0 saturated heterocycles. The van der Waals surface area contributed by atoms with Crippen LogP contribution in [0.25, 0.3) is 0 Å². The van der Waals surface area contributed by atoms with Crippen molar-refractivity contribution in [2.45, 2.75) is 39.3 Å². The SMILES string of the molecule is COc1ccccc1CC(C)NC(C(=O)O)C(C)C. The lowest BCUT2D eigenvalue weighted by Gasteiger charge is -2.23. The first kappa shape index (κ1) is 15.5. The fourth-order valence-corrected chi connectivity index (χ4v) is 2.12. The van der Waals surface area contributed by atoms with Gasteiger partial charge in [-0.05, 0) is 30.9 Å². The molecule has 0 heterocycles. The minimum Gasteiger partial charge on any atom is -0.496 e. The molecule has 0 aliphatic heterocycles. The van der Waals surface area contributed by atoms with Crippen LogP contribution in [0, 0.1) is 5.92 Å². The third kappa shape index (κ3) is 4.56. The highest BCUT2D eigenvalue weighted by Gasteiger charge is 2.23. The first-order chi connectivity index (χ1) is 8.95. The first-order valence-corrected chi connectivity index (χ1v) is 6.56. The number of hydrogen-bond donors (Lipinski definition) is 2. The quantitative estimate of drug-likeness (QED) is 0.794. The molecule has 0 amide bonds. The van der Waals surface area contributed by atoms with E-state index in [1.54, 1.807) is 7.11 Å². The summed E-state index contributed by atoms with van der Waals surface area (Å²) < 4.78 is 5.30. The molecule has 106 valence electrons. The Hall–Kier alpha value is -1.55. The second-order valence-electron chi connectivity index (χ2n) is 5.14. The summed E-state index contributed by atoms with van der Waals surface area (Å²) >= 11 is 0. The van der Waals surface area contributed by atoms with Crippen LogP contribution in [0.2, 0.25) is 0 Å². The molecule has 0 radical (unpaired) electrons. The lowest BCUT2D eigenvalue weighted by Crippen LogP contribution is -2.46. The molecule has 2 N–H and O–H groups in total. The molecule has 0 fully saturated rings. The van der Waals surface area contributed by atoms with Crippen LogP contribution in [0.4, 0.5) is 0 Å². The number of carboxylic acid groups (broad SMARTS) is 1. The molecular weight excluding hydrogens is 242 g/mol. The molecule has 1 aromatic carbocycles. The van der Waals surface area contributed by atoms with Crippen molar-refractivity contribution < 1.29 is 14.6 Å². The van der Waals surface area contributed by atoms with Crippen molar-refractivity contribution in [2.75, 3.05) is 7.11 Å². The molecule has 0 aromatic heterocycles. The Bertz CT molecular complexity index is 418. The molecule has 19 heavy (non-hydrogen) atoms. The summed E-state index contributed by atoms with van der Waals surface area (Å²) in [5, 5.41) is 12.3. The van der Waals surface area contributed by atoms with E-state index in [4.69, 9.17) is 4.74 Å². The van der Waals surface area contributed by atoms with Gasteiger partial charge in [-0.2, -0.15) is 0 Å². The van der Waals surface area contributed by atoms with Crippen LogP contribution in [-0.2, 0) is 11.2 Å². The second-order valence-corrected chi connectivity index (χ2v) is 5.14. The lowest BCUT2D eigenvalue weighted by molar-refractivity contribution is -0.140. The number of rotatable bonds is 7. The van der Waals surface area contributed by atoms with Crippen LogP contribution in [0.15, 0.2) is 24.3 Å². The van der Waals surface area contributed by atoms with Crippen molar-refractivity contribution in [2.24, 2.45) is 5.92 Å². The van der Waals surface area contributed by atoms with E-state index in [1.807, 2.05) is 45.0 Å². The molecule has 0 aliphatic rings. The van der Waals surface area contributed by atoms with Crippen LogP contribution in [-0.4, -0.2) is 30.3 Å². The largest absolute Gasteiger partial charge is 0.496 e. The number of carboxylic acids is 1. The fraction of sp³-hybridized carbons (Fsp3) is 0.533. The highest BCUT2D eigenvalue weighted by atomic mass is 16.5. The Labute approximate surface area is 114 Å². The average Bonchev–Trinajstić information content (AvgIpc) is 2.36. The Morgan fingerprint density at radius 2 is 1.95 bits per heavy atom. The van der Waals surface area contributed by atoms with Gasteiger partial charge in [0.1, 0.15) is 11.8 Å². The molecule has 0 spiro atoms. The van der Waals surface area contributed by atoms with E-state index in [1.165, 1.54) is 0 Å². The van der Waals surface area contributed by atoms with E-state index in [-0.39, 0.29) is 12.0 Å². The Kier molecular flexibility index (Phi) is 5.83. The average molecular weight is 265 g/mol. The first-order valence-electron chi connectivity index (χ1n) is 6.56. The highest BCUT2D eigenvalue weighted by Crippen LogP contribution is 2.19. The molecule has 2 atom stereocenters. The van der Waals surface area contributed by atoms with Crippen LogP contribution < -0.4 is 10.1 Å². The van der Waals surface area contributed by atoms with Gasteiger partial charge in [0.05, 0.1) is 7.11 Å².